The van der Waals surface area contributed by atoms with Crippen molar-refractivity contribution in [2.45, 2.75) is 58.5 Å². The van der Waals surface area contributed by atoms with Gasteiger partial charge in [0.25, 0.3) is 11.8 Å². The Morgan fingerprint density at radius 2 is 1.52 bits per heavy atom. The second-order valence-electron chi connectivity index (χ2n) is 13.1. The summed E-state index contributed by atoms with van der Waals surface area (Å²) in [5, 5.41) is 2.92. The summed E-state index contributed by atoms with van der Waals surface area (Å²) in [6.45, 7) is 7.33. The maximum absolute atomic E-state index is 13.7. The van der Waals surface area contributed by atoms with E-state index in [1.54, 1.807) is 53.2 Å². The van der Waals surface area contributed by atoms with E-state index in [0.29, 0.717) is 67.5 Å². The van der Waals surface area contributed by atoms with Crippen molar-refractivity contribution in [2.24, 2.45) is 0 Å². The highest BCUT2D eigenvalue weighted by Crippen LogP contribution is 2.30. The molecule has 1 aliphatic heterocycles. The van der Waals surface area contributed by atoms with Gasteiger partial charge in [-0.15, -0.1) is 0 Å². The topological polar surface area (TPSA) is 107 Å². The summed E-state index contributed by atoms with van der Waals surface area (Å²) < 4.78 is 23.3. The third-order valence-electron chi connectivity index (χ3n) is 8.24. The molecule has 0 bridgehead atoms. The number of hydrogen-bond acceptors (Lipinski definition) is 7. The quantitative estimate of drug-likeness (QED) is 0.173. The number of likely N-dealkylation sites (tertiary alicyclic amines) is 1. The number of anilines is 2. The van der Waals surface area contributed by atoms with Crippen LogP contribution >= 0.6 is 0 Å². The molecule has 1 aliphatic rings. The Morgan fingerprint density at radius 1 is 0.840 bits per heavy atom. The van der Waals surface area contributed by atoms with Crippen LogP contribution in [0.1, 0.15) is 65.5 Å². The van der Waals surface area contributed by atoms with Gasteiger partial charge in [0, 0.05) is 49.8 Å². The smallest absolute Gasteiger partial charge is 0.410 e. The lowest BCUT2D eigenvalue weighted by atomic mass is 10.1. The van der Waals surface area contributed by atoms with Gasteiger partial charge >= 0.3 is 6.09 Å². The number of para-hydroxylation sites is 2. The molecule has 0 radical (unpaired) electrons. The standard InChI is InChI=1S/C40H45N3O7/c1-40(2,3)50-39(46)43-23-21-31(22-24-43)49-35-18-12-10-16-32(35)37(44)41-33-20-19-29(25-36(33)47-5)38(45)42(4)34-17-11-9-15-30(34)27-48-26-28-13-7-6-8-14-28/h6-20,25,31H,21-24,26-27H2,1-5H3,(H,41,44). The fourth-order valence-electron chi connectivity index (χ4n) is 5.65. The van der Waals surface area contributed by atoms with Crippen LogP contribution in [0.25, 0.3) is 0 Å². The van der Waals surface area contributed by atoms with Crippen LogP contribution < -0.4 is 19.7 Å². The molecule has 0 atom stereocenters. The van der Waals surface area contributed by atoms with Gasteiger partial charge in [0.15, 0.2) is 0 Å². The molecule has 1 saturated heterocycles. The van der Waals surface area contributed by atoms with Gasteiger partial charge in [0.2, 0.25) is 0 Å². The average Bonchev–Trinajstić information content (AvgIpc) is 3.11. The van der Waals surface area contributed by atoms with Crippen molar-refractivity contribution in [3.63, 3.8) is 0 Å². The van der Waals surface area contributed by atoms with Gasteiger partial charge in [0.05, 0.1) is 31.6 Å². The molecule has 4 aromatic carbocycles. The molecule has 1 heterocycles. The van der Waals surface area contributed by atoms with E-state index in [-0.39, 0.29) is 24.0 Å². The highest BCUT2D eigenvalue weighted by Gasteiger charge is 2.28. The normalized spacial score (nSPS) is 13.3. The van der Waals surface area contributed by atoms with Crippen LogP contribution in [-0.4, -0.2) is 61.8 Å². The third kappa shape index (κ3) is 9.41. The summed E-state index contributed by atoms with van der Waals surface area (Å²) >= 11 is 0. The number of carbonyl (C=O) groups is 3. The first-order valence-corrected chi connectivity index (χ1v) is 16.7. The van der Waals surface area contributed by atoms with E-state index in [1.807, 2.05) is 81.4 Å². The summed E-state index contributed by atoms with van der Waals surface area (Å²) in [6, 6.07) is 29.5. The van der Waals surface area contributed by atoms with E-state index in [2.05, 4.69) is 5.32 Å². The third-order valence-corrected chi connectivity index (χ3v) is 8.24. The van der Waals surface area contributed by atoms with E-state index >= 15 is 0 Å². The van der Waals surface area contributed by atoms with Crippen molar-refractivity contribution < 1.29 is 33.3 Å². The Kier molecular flexibility index (Phi) is 11.8. The van der Waals surface area contributed by atoms with Gasteiger partial charge in [-0.1, -0.05) is 60.7 Å². The first-order valence-electron chi connectivity index (χ1n) is 16.7. The molecule has 0 spiro atoms. The maximum Gasteiger partial charge on any atom is 0.410 e. The molecule has 1 N–H and O–H groups in total. The van der Waals surface area contributed by atoms with E-state index < -0.39 is 5.60 Å². The number of ether oxygens (including phenoxy) is 4. The molecule has 1 fully saturated rings. The minimum Gasteiger partial charge on any atom is -0.495 e. The molecule has 0 aliphatic carbocycles. The van der Waals surface area contributed by atoms with E-state index in [1.165, 1.54) is 7.11 Å². The number of hydrogen-bond donors (Lipinski definition) is 1. The zero-order valence-corrected chi connectivity index (χ0v) is 29.3. The van der Waals surface area contributed by atoms with Crippen LogP contribution in [0.5, 0.6) is 11.5 Å². The highest BCUT2D eigenvalue weighted by atomic mass is 16.6. The molecule has 0 unspecified atom stereocenters. The highest BCUT2D eigenvalue weighted by molar-refractivity contribution is 6.09. The molecule has 262 valence electrons. The lowest BCUT2D eigenvalue weighted by molar-refractivity contribution is 0.0126. The number of nitrogens with one attached hydrogen (secondary N) is 1. The second kappa shape index (κ2) is 16.4. The van der Waals surface area contributed by atoms with Crippen LogP contribution in [0.3, 0.4) is 0 Å². The Bertz CT molecular complexity index is 1780. The zero-order chi connectivity index (χ0) is 35.7. The van der Waals surface area contributed by atoms with Gasteiger partial charge in [-0.25, -0.2) is 4.79 Å². The van der Waals surface area contributed by atoms with Crippen LogP contribution in [-0.2, 0) is 22.7 Å². The Morgan fingerprint density at radius 3 is 2.24 bits per heavy atom. The Hall–Kier alpha value is -5.35. The second-order valence-corrected chi connectivity index (χ2v) is 13.1. The molecule has 10 nitrogen and oxygen atoms in total. The number of piperidine rings is 1. The largest absolute Gasteiger partial charge is 0.495 e. The summed E-state index contributed by atoms with van der Waals surface area (Å²) in [4.78, 5) is 42.9. The Labute approximate surface area is 293 Å². The molecule has 0 aromatic heterocycles. The van der Waals surface area contributed by atoms with Crippen molar-refractivity contribution in [3.8, 4) is 11.5 Å². The lowest BCUT2D eigenvalue weighted by Crippen LogP contribution is -2.44. The summed E-state index contributed by atoms with van der Waals surface area (Å²) in [5.41, 5.74) is 3.28. The predicted molar refractivity (Wildman–Crippen MR) is 193 cm³/mol. The number of amides is 3. The fraction of sp³-hybridized carbons (Fsp3) is 0.325. The van der Waals surface area contributed by atoms with Crippen molar-refractivity contribution in [1.82, 2.24) is 4.90 Å². The maximum atomic E-state index is 13.7. The van der Waals surface area contributed by atoms with Crippen LogP contribution in [0, 0.1) is 0 Å². The summed E-state index contributed by atoms with van der Waals surface area (Å²) in [7, 11) is 3.21. The number of benzene rings is 4. The predicted octanol–water partition coefficient (Wildman–Crippen LogP) is 7.72. The molecular formula is C40H45N3O7. The molecule has 4 aromatic rings. The SMILES string of the molecule is COc1cc(C(=O)N(C)c2ccccc2COCc2ccccc2)ccc1NC(=O)c1ccccc1OC1CCN(C(=O)OC(C)(C)C)CC1. The van der Waals surface area contributed by atoms with Crippen molar-refractivity contribution in [1.29, 1.82) is 0 Å². The first-order chi connectivity index (χ1) is 24.0. The number of nitrogens with zero attached hydrogens (tertiary/aromatic N) is 2. The number of carbonyl (C=O) groups excluding carboxylic acids is 3. The van der Waals surface area contributed by atoms with Gasteiger partial charge in [-0.3, -0.25) is 9.59 Å². The molecule has 3 amide bonds. The van der Waals surface area contributed by atoms with Crippen LogP contribution in [0.4, 0.5) is 16.2 Å². The van der Waals surface area contributed by atoms with E-state index in [9.17, 15) is 14.4 Å². The van der Waals surface area contributed by atoms with Crippen molar-refractivity contribution >= 4 is 29.3 Å². The first kappa shape index (κ1) is 35.9. The van der Waals surface area contributed by atoms with Gasteiger partial charge < -0.3 is 34.1 Å². The molecular weight excluding hydrogens is 634 g/mol. The zero-order valence-electron chi connectivity index (χ0n) is 29.3. The molecule has 5 rings (SSSR count). The molecule has 50 heavy (non-hydrogen) atoms. The van der Waals surface area contributed by atoms with Crippen molar-refractivity contribution in [2.75, 3.05) is 37.5 Å². The van der Waals surface area contributed by atoms with E-state index in [4.69, 9.17) is 18.9 Å². The summed E-state index contributed by atoms with van der Waals surface area (Å²) in [5.74, 6) is 0.156. The van der Waals surface area contributed by atoms with Crippen molar-refractivity contribution in [3.05, 3.63) is 119 Å². The lowest BCUT2D eigenvalue weighted by Gasteiger charge is -2.33. The van der Waals surface area contributed by atoms with Gasteiger partial charge in [0.1, 0.15) is 23.2 Å². The fourth-order valence-corrected chi connectivity index (χ4v) is 5.65. The summed E-state index contributed by atoms with van der Waals surface area (Å²) in [6.07, 6.45) is 0.717. The minimum atomic E-state index is -0.559. The van der Waals surface area contributed by atoms with Crippen LogP contribution in [0.15, 0.2) is 97.1 Å². The monoisotopic (exact) mass is 679 g/mol. The average molecular weight is 680 g/mol. The molecule has 10 heteroatoms. The number of rotatable bonds is 11. The molecule has 0 saturated carbocycles. The Balaban J connectivity index is 1.22. The van der Waals surface area contributed by atoms with E-state index in [0.717, 1.165) is 16.8 Å². The minimum absolute atomic E-state index is 0.167. The van der Waals surface area contributed by atoms with Crippen LogP contribution in [0.2, 0.25) is 0 Å². The van der Waals surface area contributed by atoms with Gasteiger partial charge in [-0.2, -0.15) is 0 Å². The number of methoxy groups -OCH3 is 1. The van der Waals surface area contributed by atoms with Gasteiger partial charge in [-0.05, 0) is 62.7 Å².